The predicted octanol–water partition coefficient (Wildman–Crippen LogP) is 5.01. The zero-order chi connectivity index (χ0) is 18.4. The van der Waals surface area contributed by atoms with Crippen LogP contribution in [-0.4, -0.2) is 17.4 Å². The van der Waals surface area contributed by atoms with Gasteiger partial charge in [0, 0.05) is 30.0 Å². The van der Waals surface area contributed by atoms with Crippen molar-refractivity contribution < 1.29 is 4.79 Å². The molecule has 0 atom stereocenters. The minimum atomic E-state index is -0.211. The molecule has 132 valence electrons. The topological polar surface area (TPSA) is 45.2 Å². The number of hydrogen-bond acceptors (Lipinski definition) is 3. The van der Waals surface area contributed by atoms with Gasteiger partial charge in [0.25, 0.3) is 5.91 Å². The number of nitrogens with zero attached hydrogens (tertiary/aromatic N) is 2. The highest BCUT2D eigenvalue weighted by molar-refractivity contribution is 6.30. The Balaban J connectivity index is 1.77. The maximum atomic E-state index is 12.5. The van der Waals surface area contributed by atoms with Crippen LogP contribution in [0.25, 0.3) is 0 Å². The lowest BCUT2D eigenvalue weighted by atomic mass is 10.2. The van der Waals surface area contributed by atoms with Gasteiger partial charge in [0.15, 0.2) is 0 Å². The van der Waals surface area contributed by atoms with Crippen molar-refractivity contribution in [1.29, 1.82) is 0 Å². The summed E-state index contributed by atoms with van der Waals surface area (Å²) < 4.78 is 0. The molecule has 0 saturated carbocycles. The van der Waals surface area contributed by atoms with Crippen LogP contribution in [0.5, 0.6) is 0 Å². The van der Waals surface area contributed by atoms with Gasteiger partial charge in [0.2, 0.25) is 0 Å². The first-order chi connectivity index (χ1) is 12.7. The Hall–Kier alpha value is -2.85. The number of rotatable bonds is 6. The minimum absolute atomic E-state index is 0.211. The van der Waals surface area contributed by atoms with E-state index in [0.29, 0.717) is 16.3 Å². The standard InChI is InChI=1S/C21H20ClN3O/c1-2-25(15-16-7-4-3-5-8-16)20-11-17(13-23-14-20)21(26)24-19-10-6-9-18(22)12-19/h3-14H,2,15H2,1H3,(H,24,26). The third-order valence-electron chi connectivity index (χ3n) is 4.03. The first-order valence-corrected chi connectivity index (χ1v) is 8.84. The fourth-order valence-corrected chi connectivity index (χ4v) is 2.87. The van der Waals surface area contributed by atoms with Crippen LogP contribution >= 0.6 is 11.6 Å². The Morgan fingerprint density at radius 2 is 1.88 bits per heavy atom. The fraction of sp³-hybridized carbons (Fsp3) is 0.143. The van der Waals surface area contributed by atoms with E-state index in [0.717, 1.165) is 18.8 Å². The van der Waals surface area contributed by atoms with Crippen molar-refractivity contribution in [3.05, 3.63) is 89.2 Å². The molecule has 5 heteroatoms. The number of halogens is 1. The lowest BCUT2D eigenvalue weighted by Crippen LogP contribution is -2.23. The smallest absolute Gasteiger partial charge is 0.257 e. The molecule has 3 aromatic rings. The van der Waals surface area contributed by atoms with Crippen LogP contribution in [0.4, 0.5) is 11.4 Å². The lowest BCUT2D eigenvalue weighted by Gasteiger charge is -2.23. The Morgan fingerprint density at radius 1 is 1.08 bits per heavy atom. The van der Waals surface area contributed by atoms with Crippen LogP contribution in [0.1, 0.15) is 22.8 Å². The van der Waals surface area contributed by atoms with Crippen molar-refractivity contribution in [3.8, 4) is 0 Å². The minimum Gasteiger partial charge on any atom is -0.366 e. The van der Waals surface area contributed by atoms with Crippen LogP contribution in [0, 0.1) is 0 Å². The molecular formula is C21H20ClN3O. The van der Waals surface area contributed by atoms with E-state index in [1.807, 2.05) is 24.3 Å². The Bertz CT molecular complexity index is 883. The predicted molar refractivity (Wildman–Crippen MR) is 107 cm³/mol. The van der Waals surface area contributed by atoms with E-state index >= 15 is 0 Å². The largest absolute Gasteiger partial charge is 0.366 e. The monoisotopic (exact) mass is 365 g/mol. The van der Waals surface area contributed by atoms with Crippen molar-refractivity contribution in [2.45, 2.75) is 13.5 Å². The van der Waals surface area contributed by atoms with Gasteiger partial charge in [-0.1, -0.05) is 48.0 Å². The first kappa shape index (κ1) is 18.0. The molecule has 1 N–H and O–H groups in total. The molecule has 0 radical (unpaired) electrons. The number of nitrogens with one attached hydrogen (secondary N) is 1. The Labute approximate surface area is 158 Å². The molecule has 4 nitrogen and oxygen atoms in total. The molecule has 2 aromatic carbocycles. The van der Waals surface area contributed by atoms with Crippen molar-refractivity contribution in [1.82, 2.24) is 4.98 Å². The van der Waals surface area contributed by atoms with Crippen LogP contribution in [0.2, 0.25) is 5.02 Å². The van der Waals surface area contributed by atoms with Crippen molar-refractivity contribution in [3.63, 3.8) is 0 Å². The summed E-state index contributed by atoms with van der Waals surface area (Å²) >= 11 is 5.97. The normalized spacial score (nSPS) is 10.4. The average Bonchev–Trinajstić information content (AvgIpc) is 2.67. The van der Waals surface area contributed by atoms with Crippen LogP contribution in [0.3, 0.4) is 0 Å². The van der Waals surface area contributed by atoms with Gasteiger partial charge in [0.05, 0.1) is 17.4 Å². The highest BCUT2D eigenvalue weighted by atomic mass is 35.5. The van der Waals surface area contributed by atoms with E-state index in [1.54, 1.807) is 36.7 Å². The van der Waals surface area contributed by atoms with Gasteiger partial charge in [0.1, 0.15) is 0 Å². The first-order valence-electron chi connectivity index (χ1n) is 8.46. The molecule has 3 rings (SSSR count). The summed E-state index contributed by atoms with van der Waals surface area (Å²) in [6, 6.07) is 19.2. The maximum absolute atomic E-state index is 12.5. The van der Waals surface area contributed by atoms with Gasteiger partial charge >= 0.3 is 0 Å². The molecule has 1 aromatic heterocycles. The molecule has 0 unspecified atom stereocenters. The number of amides is 1. The quantitative estimate of drug-likeness (QED) is 0.667. The number of benzene rings is 2. The van der Waals surface area contributed by atoms with Crippen molar-refractivity contribution >= 4 is 28.9 Å². The number of anilines is 2. The number of carbonyl (C=O) groups excluding carboxylic acids is 1. The summed E-state index contributed by atoms with van der Waals surface area (Å²) in [6.45, 7) is 3.66. The van der Waals surface area contributed by atoms with E-state index in [2.05, 4.69) is 34.3 Å². The summed E-state index contributed by atoms with van der Waals surface area (Å²) in [5.41, 5.74) is 3.29. The molecule has 1 amide bonds. The molecule has 0 spiro atoms. The van der Waals surface area contributed by atoms with E-state index in [-0.39, 0.29) is 5.91 Å². The van der Waals surface area contributed by atoms with Gasteiger partial charge in [-0.05, 0) is 36.8 Å². The second kappa shape index (κ2) is 8.50. The maximum Gasteiger partial charge on any atom is 0.257 e. The molecule has 1 heterocycles. The molecule has 0 aliphatic carbocycles. The fourth-order valence-electron chi connectivity index (χ4n) is 2.68. The molecule has 0 aliphatic heterocycles. The summed E-state index contributed by atoms with van der Waals surface area (Å²) in [5.74, 6) is -0.211. The van der Waals surface area contributed by atoms with Crippen LogP contribution < -0.4 is 10.2 Å². The van der Waals surface area contributed by atoms with E-state index < -0.39 is 0 Å². The molecule has 26 heavy (non-hydrogen) atoms. The number of pyridine rings is 1. The summed E-state index contributed by atoms with van der Waals surface area (Å²) in [5, 5.41) is 3.43. The Kier molecular flexibility index (Phi) is 5.87. The zero-order valence-electron chi connectivity index (χ0n) is 14.5. The molecular weight excluding hydrogens is 346 g/mol. The van der Waals surface area contributed by atoms with Gasteiger partial charge in [-0.3, -0.25) is 9.78 Å². The van der Waals surface area contributed by atoms with Gasteiger partial charge in [-0.2, -0.15) is 0 Å². The highest BCUT2D eigenvalue weighted by Gasteiger charge is 2.11. The van der Waals surface area contributed by atoms with Crippen LogP contribution in [-0.2, 0) is 6.54 Å². The summed E-state index contributed by atoms with van der Waals surface area (Å²) in [4.78, 5) is 19.0. The molecule has 0 fully saturated rings. The highest BCUT2D eigenvalue weighted by Crippen LogP contribution is 2.19. The second-order valence-corrected chi connectivity index (χ2v) is 6.33. The van der Waals surface area contributed by atoms with E-state index in [4.69, 9.17) is 11.6 Å². The third-order valence-corrected chi connectivity index (χ3v) is 4.27. The van der Waals surface area contributed by atoms with Gasteiger partial charge in [-0.15, -0.1) is 0 Å². The molecule has 0 aliphatic rings. The number of carbonyl (C=O) groups is 1. The number of aromatic nitrogens is 1. The zero-order valence-corrected chi connectivity index (χ0v) is 15.3. The average molecular weight is 366 g/mol. The van der Waals surface area contributed by atoms with Crippen molar-refractivity contribution in [2.24, 2.45) is 0 Å². The second-order valence-electron chi connectivity index (χ2n) is 5.90. The third kappa shape index (κ3) is 4.61. The van der Waals surface area contributed by atoms with Crippen LogP contribution in [0.15, 0.2) is 73.1 Å². The van der Waals surface area contributed by atoms with Crippen molar-refractivity contribution in [2.75, 3.05) is 16.8 Å². The Morgan fingerprint density at radius 3 is 2.62 bits per heavy atom. The molecule has 0 saturated heterocycles. The summed E-state index contributed by atoms with van der Waals surface area (Å²) in [7, 11) is 0. The van der Waals surface area contributed by atoms with Gasteiger partial charge < -0.3 is 10.2 Å². The molecule has 0 bridgehead atoms. The van der Waals surface area contributed by atoms with E-state index in [1.165, 1.54) is 5.56 Å². The lowest BCUT2D eigenvalue weighted by molar-refractivity contribution is 0.102. The number of hydrogen-bond donors (Lipinski definition) is 1. The van der Waals surface area contributed by atoms with E-state index in [9.17, 15) is 4.79 Å². The SMILES string of the molecule is CCN(Cc1ccccc1)c1cncc(C(=O)Nc2cccc(Cl)c2)c1. The van der Waals surface area contributed by atoms with Gasteiger partial charge in [-0.25, -0.2) is 0 Å². The summed E-state index contributed by atoms with van der Waals surface area (Å²) in [6.07, 6.45) is 3.35.